The number of anilines is 1. The van der Waals surface area contributed by atoms with E-state index in [4.69, 9.17) is 0 Å². The first-order valence-corrected chi connectivity index (χ1v) is 8.89. The molecule has 0 saturated carbocycles. The van der Waals surface area contributed by atoms with Crippen molar-refractivity contribution in [2.75, 3.05) is 24.5 Å². The van der Waals surface area contributed by atoms with Gasteiger partial charge in [0, 0.05) is 50.3 Å². The van der Waals surface area contributed by atoms with E-state index in [-0.39, 0.29) is 30.6 Å². The number of hydrogen-bond acceptors (Lipinski definition) is 4. The van der Waals surface area contributed by atoms with E-state index in [1.54, 1.807) is 11.8 Å². The van der Waals surface area contributed by atoms with E-state index >= 15 is 0 Å². The Bertz CT molecular complexity index is 832. The Morgan fingerprint density at radius 3 is 2.48 bits per heavy atom. The van der Waals surface area contributed by atoms with E-state index < -0.39 is 11.6 Å². The monoisotopic (exact) mass is 376 g/mol. The minimum atomic E-state index is -0.622. The van der Waals surface area contributed by atoms with Crippen LogP contribution in [0.25, 0.3) is 0 Å². The van der Waals surface area contributed by atoms with Crippen molar-refractivity contribution in [1.82, 2.24) is 14.9 Å². The van der Waals surface area contributed by atoms with Crippen LogP contribution in [0.1, 0.15) is 36.1 Å². The molecule has 2 heterocycles. The third kappa shape index (κ3) is 4.50. The number of piperazine rings is 1. The third-order valence-electron chi connectivity index (χ3n) is 4.73. The van der Waals surface area contributed by atoms with Crippen molar-refractivity contribution in [3.8, 4) is 0 Å². The molecule has 3 rings (SSSR count). The summed E-state index contributed by atoms with van der Waals surface area (Å²) in [5.41, 5.74) is 0.878. The quantitative estimate of drug-likeness (QED) is 0.815. The number of carbonyl (C=O) groups is 2. The van der Waals surface area contributed by atoms with Crippen molar-refractivity contribution in [1.29, 1.82) is 0 Å². The van der Waals surface area contributed by atoms with Crippen LogP contribution in [0.5, 0.6) is 0 Å². The third-order valence-corrected chi connectivity index (χ3v) is 4.73. The highest BCUT2D eigenvalue weighted by molar-refractivity contribution is 5.96. The van der Waals surface area contributed by atoms with Crippen molar-refractivity contribution < 1.29 is 18.4 Å². The molecule has 0 aliphatic carbocycles. The smallest absolute Gasteiger partial charge is 0.223 e. The van der Waals surface area contributed by atoms with Gasteiger partial charge in [0.15, 0.2) is 5.78 Å². The average Bonchev–Trinajstić information content (AvgIpc) is 3.05. The number of aromatic amines is 1. The summed E-state index contributed by atoms with van der Waals surface area (Å²) < 4.78 is 26.9. The van der Waals surface area contributed by atoms with Crippen molar-refractivity contribution in [3.63, 3.8) is 0 Å². The molecule has 0 bridgehead atoms. The molecule has 27 heavy (non-hydrogen) atoms. The lowest BCUT2D eigenvalue weighted by Gasteiger charge is -2.41. The highest BCUT2D eigenvalue weighted by Gasteiger charge is 2.27. The number of aromatic nitrogens is 2. The van der Waals surface area contributed by atoms with Crippen molar-refractivity contribution in [2.24, 2.45) is 0 Å². The van der Waals surface area contributed by atoms with Crippen LogP contribution in [0.2, 0.25) is 0 Å². The molecule has 1 aromatic carbocycles. The molecular weight excluding hydrogens is 354 g/mol. The molecule has 0 radical (unpaired) electrons. The lowest BCUT2D eigenvalue weighted by Crippen LogP contribution is -2.53. The number of carbonyl (C=O) groups excluding carboxylic acids is 2. The summed E-state index contributed by atoms with van der Waals surface area (Å²) in [6.45, 7) is 5.02. The highest BCUT2D eigenvalue weighted by atomic mass is 19.1. The minimum absolute atomic E-state index is 0.0881. The maximum Gasteiger partial charge on any atom is 0.223 e. The number of halogens is 2. The summed E-state index contributed by atoms with van der Waals surface area (Å²) >= 11 is 0. The fourth-order valence-corrected chi connectivity index (χ4v) is 3.35. The summed E-state index contributed by atoms with van der Waals surface area (Å²) in [6, 6.07) is 3.34. The molecule has 6 nitrogen and oxygen atoms in total. The van der Waals surface area contributed by atoms with Gasteiger partial charge in [0.05, 0.1) is 6.20 Å². The van der Waals surface area contributed by atoms with Gasteiger partial charge in [-0.1, -0.05) is 0 Å². The van der Waals surface area contributed by atoms with E-state index in [0.717, 1.165) is 6.07 Å². The van der Waals surface area contributed by atoms with Crippen LogP contribution < -0.4 is 4.90 Å². The first kappa shape index (κ1) is 19.0. The van der Waals surface area contributed by atoms with E-state index in [9.17, 15) is 18.4 Å². The van der Waals surface area contributed by atoms with E-state index in [0.29, 0.717) is 36.8 Å². The topological polar surface area (TPSA) is 69.3 Å². The maximum absolute atomic E-state index is 13.5. The zero-order valence-corrected chi connectivity index (χ0v) is 15.3. The normalized spacial score (nSPS) is 17.3. The maximum atomic E-state index is 13.5. The molecule has 1 aliphatic rings. The number of ketones is 1. The fraction of sp³-hybridized carbons (Fsp3) is 0.421. The second kappa shape index (κ2) is 7.85. The number of benzene rings is 1. The summed E-state index contributed by atoms with van der Waals surface area (Å²) in [5, 5.41) is 0. The van der Waals surface area contributed by atoms with Gasteiger partial charge in [-0.2, -0.15) is 0 Å². The van der Waals surface area contributed by atoms with E-state index in [1.807, 2.05) is 11.8 Å². The molecule has 144 valence electrons. The number of nitrogens with zero attached hydrogens (tertiary/aromatic N) is 3. The van der Waals surface area contributed by atoms with Crippen LogP contribution >= 0.6 is 0 Å². The first-order valence-electron chi connectivity index (χ1n) is 8.89. The first-order chi connectivity index (χ1) is 12.8. The fourth-order valence-electron chi connectivity index (χ4n) is 3.35. The van der Waals surface area contributed by atoms with Gasteiger partial charge in [-0.05, 0) is 26.0 Å². The molecular formula is C19H22F2N4O2. The number of imidazole rings is 1. The molecule has 1 saturated heterocycles. The average molecular weight is 376 g/mol. The Morgan fingerprint density at radius 1 is 1.19 bits per heavy atom. The van der Waals surface area contributed by atoms with Crippen LogP contribution in [0.15, 0.2) is 24.4 Å². The standard InChI is InChI=1S/C19H22F2N4O2/c1-12-11-24(5-6-25(12)16-8-14(20)7-15(21)9-16)19(27)4-3-18(26)17-10-22-13(2)23-17/h7-10,12H,3-6,11H2,1-2H3,(H,22,23)/t12-/m0/s1. The summed E-state index contributed by atoms with van der Waals surface area (Å²) in [6.07, 6.45) is 1.71. The van der Waals surface area contributed by atoms with Crippen LogP contribution in [-0.2, 0) is 4.79 Å². The van der Waals surface area contributed by atoms with Gasteiger partial charge in [0.1, 0.15) is 23.2 Å². The molecule has 0 unspecified atom stereocenters. The molecule has 1 aliphatic heterocycles. The summed E-state index contributed by atoms with van der Waals surface area (Å²) in [4.78, 5) is 35.0. The van der Waals surface area contributed by atoms with Crippen LogP contribution in [0.4, 0.5) is 14.5 Å². The van der Waals surface area contributed by atoms with E-state index in [1.165, 1.54) is 18.3 Å². The lowest BCUT2D eigenvalue weighted by atomic mass is 10.1. The van der Waals surface area contributed by atoms with Gasteiger partial charge in [0.2, 0.25) is 5.91 Å². The molecule has 8 heteroatoms. The Morgan fingerprint density at radius 2 is 1.89 bits per heavy atom. The minimum Gasteiger partial charge on any atom is -0.365 e. The second-order valence-corrected chi connectivity index (χ2v) is 6.82. The number of rotatable bonds is 5. The zero-order chi connectivity index (χ0) is 19.6. The molecule has 1 N–H and O–H groups in total. The number of nitrogens with one attached hydrogen (secondary N) is 1. The highest BCUT2D eigenvalue weighted by Crippen LogP contribution is 2.23. The molecule has 1 amide bonds. The summed E-state index contributed by atoms with van der Waals surface area (Å²) in [5.74, 6) is -0.836. The Hall–Kier alpha value is -2.77. The Labute approximate surface area is 156 Å². The predicted molar refractivity (Wildman–Crippen MR) is 96.6 cm³/mol. The van der Waals surface area contributed by atoms with E-state index in [2.05, 4.69) is 9.97 Å². The largest absolute Gasteiger partial charge is 0.365 e. The SMILES string of the molecule is Cc1ncc(C(=O)CCC(=O)N2CCN(c3cc(F)cc(F)c3)[C@@H](C)C2)[nH]1. The predicted octanol–water partition coefficient (Wildman–Crippen LogP) is 2.70. The van der Waals surface area contributed by atoms with Crippen LogP contribution in [0.3, 0.4) is 0 Å². The van der Waals surface area contributed by atoms with Crippen LogP contribution in [0, 0.1) is 18.6 Å². The Kier molecular flexibility index (Phi) is 5.53. The zero-order valence-electron chi connectivity index (χ0n) is 15.3. The molecule has 0 spiro atoms. The van der Waals surface area contributed by atoms with Crippen molar-refractivity contribution in [2.45, 2.75) is 32.7 Å². The molecule has 1 aromatic heterocycles. The number of amides is 1. The summed E-state index contributed by atoms with van der Waals surface area (Å²) in [7, 11) is 0. The van der Waals surface area contributed by atoms with Crippen molar-refractivity contribution in [3.05, 3.63) is 47.5 Å². The number of hydrogen-bond donors (Lipinski definition) is 1. The van der Waals surface area contributed by atoms with Gasteiger partial charge in [-0.15, -0.1) is 0 Å². The van der Waals surface area contributed by atoms with Gasteiger partial charge >= 0.3 is 0 Å². The van der Waals surface area contributed by atoms with Gasteiger partial charge < -0.3 is 14.8 Å². The van der Waals surface area contributed by atoms with Gasteiger partial charge in [-0.3, -0.25) is 9.59 Å². The molecule has 1 fully saturated rings. The van der Waals surface area contributed by atoms with Gasteiger partial charge in [-0.25, -0.2) is 13.8 Å². The molecule has 1 atom stereocenters. The number of Topliss-reactive ketones (excluding diaryl/α,β-unsaturated/α-hetero) is 1. The number of aryl methyl sites for hydroxylation is 1. The lowest BCUT2D eigenvalue weighted by molar-refractivity contribution is -0.131. The van der Waals surface area contributed by atoms with Gasteiger partial charge in [0.25, 0.3) is 0 Å². The Balaban J connectivity index is 1.55. The van der Waals surface area contributed by atoms with Crippen molar-refractivity contribution >= 4 is 17.4 Å². The number of H-pyrrole nitrogens is 1. The molecule has 2 aromatic rings. The second-order valence-electron chi connectivity index (χ2n) is 6.82. The van der Waals surface area contributed by atoms with Crippen LogP contribution in [-0.4, -0.2) is 52.2 Å².